The van der Waals surface area contributed by atoms with Crippen LogP contribution in [0.2, 0.25) is 0 Å². The van der Waals surface area contributed by atoms with Crippen molar-refractivity contribution in [3.63, 3.8) is 0 Å². The molecule has 2 N–H and O–H groups in total. The molecule has 2 heteroatoms. The van der Waals surface area contributed by atoms with Gasteiger partial charge >= 0.3 is 0 Å². The van der Waals surface area contributed by atoms with Crippen LogP contribution in [0, 0.1) is 0 Å². The van der Waals surface area contributed by atoms with Gasteiger partial charge in [-0.25, -0.2) is 0 Å². The molecular formula is C20H20ClN. The molecule has 112 valence electrons. The van der Waals surface area contributed by atoms with Gasteiger partial charge < -0.3 is 5.73 Å². The molecule has 0 spiro atoms. The normalized spacial score (nSPS) is 10.8. The Kier molecular flexibility index (Phi) is 5.37. The van der Waals surface area contributed by atoms with E-state index in [4.69, 9.17) is 5.73 Å². The molecule has 0 aromatic heterocycles. The Labute approximate surface area is 138 Å². The Morgan fingerprint density at radius 2 is 0.818 bits per heavy atom. The topological polar surface area (TPSA) is 26.0 Å². The molecule has 3 rings (SSSR count). The third-order valence-corrected chi connectivity index (χ3v) is 4.11. The third-order valence-electron chi connectivity index (χ3n) is 4.11. The molecule has 0 saturated carbocycles. The van der Waals surface area contributed by atoms with Crippen molar-refractivity contribution in [3.05, 3.63) is 108 Å². The van der Waals surface area contributed by atoms with E-state index in [2.05, 4.69) is 72.8 Å². The minimum atomic E-state index is -0.302. The lowest BCUT2D eigenvalue weighted by atomic mass is 9.69. The molecule has 0 bridgehead atoms. The van der Waals surface area contributed by atoms with Gasteiger partial charge in [0, 0.05) is 6.54 Å². The predicted octanol–water partition coefficient (Wildman–Crippen LogP) is 4.40. The summed E-state index contributed by atoms with van der Waals surface area (Å²) in [5.74, 6) is 0. The van der Waals surface area contributed by atoms with Crippen LogP contribution in [0.1, 0.15) is 16.7 Å². The van der Waals surface area contributed by atoms with E-state index in [0.29, 0.717) is 6.54 Å². The third kappa shape index (κ3) is 2.78. The number of rotatable bonds is 4. The summed E-state index contributed by atoms with van der Waals surface area (Å²) in [6, 6.07) is 31.5. The lowest BCUT2D eigenvalue weighted by molar-refractivity contribution is 0.629. The van der Waals surface area contributed by atoms with Gasteiger partial charge in [-0.05, 0) is 16.7 Å². The highest BCUT2D eigenvalue weighted by Crippen LogP contribution is 2.37. The molecule has 0 unspecified atom stereocenters. The van der Waals surface area contributed by atoms with Crippen LogP contribution >= 0.6 is 12.4 Å². The van der Waals surface area contributed by atoms with Crippen molar-refractivity contribution in [1.82, 2.24) is 0 Å². The van der Waals surface area contributed by atoms with E-state index < -0.39 is 0 Å². The smallest absolute Gasteiger partial charge is 0.0573 e. The molecule has 22 heavy (non-hydrogen) atoms. The molecule has 3 aromatic rings. The summed E-state index contributed by atoms with van der Waals surface area (Å²) in [6.45, 7) is 0.533. The fourth-order valence-electron chi connectivity index (χ4n) is 3.02. The molecular weight excluding hydrogens is 290 g/mol. The first kappa shape index (κ1) is 16.3. The zero-order valence-electron chi connectivity index (χ0n) is 12.4. The van der Waals surface area contributed by atoms with Crippen molar-refractivity contribution in [3.8, 4) is 0 Å². The molecule has 0 atom stereocenters. The Bertz CT molecular complexity index is 584. The van der Waals surface area contributed by atoms with Gasteiger partial charge in [-0.1, -0.05) is 91.0 Å². The first-order chi connectivity index (χ1) is 10.4. The van der Waals surface area contributed by atoms with Crippen molar-refractivity contribution in [2.24, 2.45) is 5.73 Å². The second-order valence-electron chi connectivity index (χ2n) is 5.21. The second kappa shape index (κ2) is 7.26. The lowest BCUT2D eigenvalue weighted by Crippen LogP contribution is -2.37. The van der Waals surface area contributed by atoms with Crippen LogP contribution in [0.3, 0.4) is 0 Å². The Balaban J connectivity index is 0.00000176. The number of nitrogens with two attached hydrogens (primary N) is 1. The summed E-state index contributed by atoms with van der Waals surface area (Å²) < 4.78 is 0. The summed E-state index contributed by atoms with van der Waals surface area (Å²) in [4.78, 5) is 0. The van der Waals surface area contributed by atoms with Crippen molar-refractivity contribution in [2.75, 3.05) is 6.54 Å². The highest BCUT2D eigenvalue weighted by atomic mass is 35.5. The Hall–Kier alpha value is -2.09. The number of halogens is 1. The van der Waals surface area contributed by atoms with Gasteiger partial charge in [0.1, 0.15) is 0 Å². The summed E-state index contributed by atoms with van der Waals surface area (Å²) in [5, 5.41) is 0. The van der Waals surface area contributed by atoms with E-state index in [9.17, 15) is 0 Å². The molecule has 0 aliphatic rings. The Morgan fingerprint density at radius 1 is 0.545 bits per heavy atom. The minimum Gasteiger partial charge on any atom is -0.329 e. The number of benzene rings is 3. The summed E-state index contributed by atoms with van der Waals surface area (Å²) >= 11 is 0. The van der Waals surface area contributed by atoms with Gasteiger partial charge in [0.2, 0.25) is 0 Å². The quantitative estimate of drug-likeness (QED) is 0.710. The van der Waals surface area contributed by atoms with E-state index in [1.807, 2.05) is 18.2 Å². The molecule has 0 fully saturated rings. The summed E-state index contributed by atoms with van der Waals surface area (Å²) in [5.41, 5.74) is 9.68. The van der Waals surface area contributed by atoms with Crippen LogP contribution in [0.15, 0.2) is 91.0 Å². The lowest BCUT2D eigenvalue weighted by Gasteiger charge is -2.34. The monoisotopic (exact) mass is 309 g/mol. The number of hydrogen-bond donors (Lipinski definition) is 1. The zero-order chi connectivity index (χ0) is 14.5. The van der Waals surface area contributed by atoms with Crippen LogP contribution in [0.4, 0.5) is 0 Å². The fraction of sp³-hybridized carbons (Fsp3) is 0.100. The summed E-state index contributed by atoms with van der Waals surface area (Å²) in [7, 11) is 0. The van der Waals surface area contributed by atoms with Gasteiger partial charge in [0.05, 0.1) is 5.41 Å². The molecule has 0 radical (unpaired) electrons. The van der Waals surface area contributed by atoms with E-state index in [1.165, 1.54) is 16.7 Å². The first-order valence-electron chi connectivity index (χ1n) is 7.24. The highest BCUT2D eigenvalue weighted by molar-refractivity contribution is 5.85. The van der Waals surface area contributed by atoms with Gasteiger partial charge in [-0.15, -0.1) is 12.4 Å². The summed E-state index contributed by atoms with van der Waals surface area (Å²) in [6.07, 6.45) is 0. The maximum atomic E-state index is 6.30. The predicted molar refractivity (Wildman–Crippen MR) is 95.5 cm³/mol. The van der Waals surface area contributed by atoms with Crippen LogP contribution in [-0.2, 0) is 5.41 Å². The molecule has 0 aliphatic carbocycles. The molecule has 0 amide bonds. The minimum absolute atomic E-state index is 0. The van der Waals surface area contributed by atoms with Crippen molar-refractivity contribution < 1.29 is 0 Å². The largest absolute Gasteiger partial charge is 0.329 e. The molecule has 3 aromatic carbocycles. The van der Waals surface area contributed by atoms with Crippen molar-refractivity contribution >= 4 is 12.4 Å². The maximum absolute atomic E-state index is 6.30. The van der Waals surface area contributed by atoms with Gasteiger partial charge in [-0.2, -0.15) is 0 Å². The van der Waals surface area contributed by atoms with E-state index >= 15 is 0 Å². The molecule has 1 nitrogen and oxygen atoms in total. The first-order valence-corrected chi connectivity index (χ1v) is 7.24. The van der Waals surface area contributed by atoms with Gasteiger partial charge in [0.15, 0.2) is 0 Å². The van der Waals surface area contributed by atoms with E-state index in [0.717, 1.165) is 0 Å². The average Bonchev–Trinajstić information content (AvgIpc) is 2.59. The van der Waals surface area contributed by atoms with Crippen LogP contribution in [0.25, 0.3) is 0 Å². The SMILES string of the molecule is Cl.NCC(c1ccccc1)(c1ccccc1)c1ccccc1. The van der Waals surface area contributed by atoms with Crippen molar-refractivity contribution in [1.29, 1.82) is 0 Å². The molecule has 0 aliphatic heterocycles. The van der Waals surface area contributed by atoms with E-state index in [-0.39, 0.29) is 17.8 Å². The van der Waals surface area contributed by atoms with Crippen LogP contribution in [-0.4, -0.2) is 6.54 Å². The maximum Gasteiger partial charge on any atom is 0.0573 e. The molecule has 0 heterocycles. The fourth-order valence-corrected chi connectivity index (χ4v) is 3.02. The number of hydrogen-bond acceptors (Lipinski definition) is 1. The molecule has 0 saturated heterocycles. The van der Waals surface area contributed by atoms with E-state index in [1.54, 1.807) is 0 Å². The second-order valence-corrected chi connectivity index (χ2v) is 5.21. The highest BCUT2D eigenvalue weighted by Gasteiger charge is 2.34. The standard InChI is InChI=1S/C20H19N.ClH/c21-16-20(17-10-4-1-5-11-17,18-12-6-2-7-13-18)19-14-8-3-9-15-19;/h1-15H,16,21H2;1H. The van der Waals surface area contributed by atoms with Crippen LogP contribution < -0.4 is 5.73 Å². The van der Waals surface area contributed by atoms with Gasteiger partial charge in [-0.3, -0.25) is 0 Å². The van der Waals surface area contributed by atoms with Gasteiger partial charge in [0.25, 0.3) is 0 Å². The van der Waals surface area contributed by atoms with Crippen molar-refractivity contribution in [2.45, 2.75) is 5.41 Å². The van der Waals surface area contributed by atoms with Crippen LogP contribution in [0.5, 0.6) is 0 Å². The average molecular weight is 310 g/mol. The Morgan fingerprint density at radius 3 is 1.05 bits per heavy atom. The zero-order valence-corrected chi connectivity index (χ0v) is 13.2.